The van der Waals surface area contributed by atoms with Crippen molar-refractivity contribution in [2.24, 2.45) is 3.77 Å². The number of benzene rings is 1. The van der Waals surface area contributed by atoms with Gasteiger partial charge in [-0.2, -0.15) is 8.42 Å². The summed E-state index contributed by atoms with van der Waals surface area (Å²) in [5.74, 6) is -0.688. The molecule has 1 rings (SSSR count). The molecule has 0 fully saturated rings. The minimum atomic E-state index is -3.81. The van der Waals surface area contributed by atoms with Crippen molar-refractivity contribution in [3.63, 3.8) is 0 Å². The summed E-state index contributed by atoms with van der Waals surface area (Å²) in [7, 11) is -3.23. The molecule has 0 unspecified atom stereocenters. The third-order valence-corrected chi connectivity index (χ3v) is 4.71. The van der Waals surface area contributed by atoms with Gasteiger partial charge in [-0.05, 0) is 24.6 Å². The summed E-state index contributed by atoms with van der Waals surface area (Å²) in [6.07, 6.45) is 3.36. The fourth-order valence-electron chi connectivity index (χ4n) is 1.21. The van der Waals surface area contributed by atoms with E-state index in [0.717, 1.165) is 0 Å². The van der Waals surface area contributed by atoms with Gasteiger partial charge in [-0.3, -0.25) is 0 Å². The summed E-state index contributed by atoms with van der Waals surface area (Å²) in [6.45, 7) is 0. The molecule has 0 radical (unpaired) electrons. The van der Waals surface area contributed by atoms with Gasteiger partial charge >= 0.3 is 5.97 Å². The molecule has 0 aliphatic carbocycles. The molecule has 0 N–H and O–H groups in total. The Morgan fingerprint density at radius 3 is 2.41 bits per heavy atom. The van der Waals surface area contributed by atoms with Gasteiger partial charge in [0.1, 0.15) is 4.90 Å². The third kappa shape index (κ3) is 3.37. The monoisotopic (exact) mass is 275 g/mol. The van der Waals surface area contributed by atoms with Crippen LogP contribution >= 0.6 is 0 Å². The molecule has 0 aliphatic rings. The van der Waals surface area contributed by atoms with Crippen LogP contribution in [0.2, 0.25) is 0 Å². The number of esters is 1. The molecule has 1 aromatic rings. The maximum atomic E-state index is 11.9. The van der Waals surface area contributed by atoms with Crippen LogP contribution < -0.4 is 0 Å². The van der Waals surface area contributed by atoms with Crippen LogP contribution in [-0.4, -0.2) is 34.0 Å². The number of hydrogen-bond acceptors (Lipinski definition) is 4. The number of carbonyl (C=O) groups is 1. The topological polar surface area (TPSA) is 72.8 Å². The summed E-state index contributed by atoms with van der Waals surface area (Å²) in [5.41, 5.74) is 0.00389. The first-order chi connectivity index (χ1) is 7.88. The second-order valence-electron chi connectivity index (χ2n) is 3.31. The zero-order valence-corrected chi connectivity index (χ0v) is 11.3. The lowest BCUT2D eigenvalue weighted by atomic mass is 10.2. The Morgan fingerprint density at radius 1 is 1.29 bits per heavy atom. The van der Waals surface area contributed by atoms with Gasteiger partial charge in [0.2, 0.25) is 0 Å². The van der Waals surface area contributed by atoms with Crippen LogP contribution in [0.15, 0.2) is 32.9 Å². The fraction of sp³-hybridized carbons (Fsp3) is 0.300. The summed E-state index contributed by atoms with van der Waals surface area (Å²) >= 11 is 0. The lowest BCUT2D eigenvalue weighted by molar-refractivity contribution is 0.0596. The molecule has 0 atom stereocenters. The zero-order chi connectivity index (χ0) is 13.1. The molecule has 0 saturated carbocycles. The van der Waals surface area contributed by atoms with E-state index in [1.165, 1.54) is 25.3 Å². The maximum Gasteiger partial charge on any atom is 0.339 e. The Kier molecular flexibility index (Phi) is 4.41. The molecule has 1 aromatic carbocycles. The number of methoxy groups -OCH3 is 1. The van der Waals surface area contributed by atoms with E-state index in [0.29, 0.717) is 0 Å². The standard InChI is InChI=1S/C10H13NO4S2/c1-15-10(12)8-6-4-5-7-9(8)17(13,14)11-16(2)3/h4-7H,1-3H3. The highest BCUT2D eigenvalue weighted by molar-refractivity contribution is 7.99. The molecular weight excluding hydrogens is 262 g/mol. The molecule has 0 aliphatic heterocycles. The van der Waals surface area contributed by atoms with Gasteiger partial charge in [0.25, 0.3) is 10.0 Å². The number of sulfonamides is 1. The molecule has 17 heavy (non-hydrogen) atoms. The van der Waals surface area contributed by atoms with Gasteiger partial charge in [0.05, 0.1) is 12.7 Å². The molecule has 0 heterocycles. The van der Waals surface area contributed by atoms with Gasteiger partial charge in [0, 0.05) is 0 Å². The second kappa shape index (κ2) is 5.42. The highest BCUT2D eigenvalue weighted by Gasteiger charge is 2.21. The second-order valence-corrected chi connectivity index (χ2v) is 6.84. The molecule has 0 spiro atoms. The molecule has 0 amide bonds. The lowest BCUT2D eigenvalue weighted by Gasteiger charge is -2.05. The number of carbonyl (C=O) groups excluding carboxylic acids is 1. The van der Waals surface area contributed by atoms with E-state index in [-0.39, 0.29) is 10.5 Å². The number of ether oxygens (including phenoxy) is 1. The number of nitrogens with zero attached hydrogens (tertiary/aromatic N) is 1. The first kappa shape index (κ1) is 13.9. The van der Waals surface area contributed by atoms with Crippen LogP contribution in [0.4, 0.5) is 0 Å². The predicted molar refractivity (Wildman–Crippen MR) is 66.6 cm³/mol. The highest BCUT2D eigenvalue weighted by atomic mass is 32.3. The van der Waals surface area contributed by atoms with Crippen LogP contribution in [0, 0.1) is 0 Å². The Hall–Kier alpha value is -1.21. The molecule has 0 aromatic heterocycles. The lowest BCUT2D eigenvalue weighted by Crippen LogP contribution is -2.09. The summed E-state index contributed by atoms with van der Waals surface area (Å²) in [4.78, 5) is 11.3. The van der Waals surface area contributed by atoms with E-state index >= 15 is 0 Å². The number of hydrogen-bond donors (Lipinski definition) is 0. The quantitative estimate of drug-likeness (QED) is 0.778. The van der Waals surface area contributed by atoms with E-state index in [9.17, 15) is 13.2 Å². The summed E-state index contributed by atoms with van der Waals surface area (Å²) in [6, 6.07) is 5.86. The van der Waals surface area contributed by atoms with Gasteiger partial charge in [-0.15, -0.1) is 3.77 Å². The minimum absolute atomic E-state index is 0.00389. The van der Waals surface area contributed by atoms with Crippen molar-refractivity contribution < 1.29 is 17.9 Å². The Morgan fingerprint density at radius 2 is 1.88 bits per heavy atom. The SMILES string of the molecule is COC(=O)c1ccccc1S(=O)(=O)N=S(C)C. The normalized spacial score (nSPS) is 11.3. The van der Waals surface area contributed by atoms with Crippen LogP contribution in [0.1, 0.15) is 10.4 Å². The van der Waals surface area contributed by atoms with Crippen LogP contribution in [-0.2, 0) is 25.5 Å². The van der Waals surface area contributed by atoms with Crippen molar-refractivity contribution >= 4 is 26.7 Å². The van der Waals surface area contributed by atoms with Gasteiger partial charge in [-0.1, -0.05) is 22.8 Å². The van der Waals surface area contributed by atoms with Crippen molar-refractivity contribution in [3.05, 3.63) is 29.8 Å². The van der Waals surface area contributed by atoms with E-state index in [1.807, 2.05) is 0 Å². The molecule has 94 valence electrons. The van der Waals surface area contributed by atoms with Gasteiger partial charge < -0.3 is 4.74 Å². The Balaban J connectivity index is 3.43. The number of rotatable bonds is 3. The first-order valence-corrected chi connectivity index (χ1v) is 8.05. The molecule has 0 saturated heterocycles. The zero-order valence-electron chi connectivity index (χ0n) is 9.71. The first-order valence-electron chi connectivity index (χ1n) is 4.61. The van der Waals surface area contributed by atoms with Crippen molar-refractivity contribution in [1.29, 1.82) is 0 Å². The van der Waals surface area contributed by atoms with Crippen LogP contribution in [0.25, 0.3) is 0 Å². The molecule has 7 heteroatoms. The predicted octanol–water partition coefficient (Wildman–Crippen LogP) is 1.22. The largest absolute Gasteiger partial charge is 0.465 e. The molecule has 0 bridgehead atoms. The van der Waals surface area contributed by atoms with Crippen molar-refractivity contribution in [3.8, 4) is 0 Å². The van der Waals surface area contributed by atoms with Crippen molar-refractivity contribution in [1.82, 2.24) is 0 Å². The van der Waals surface area contributed by atoms with Crippen molar-refractivity contribution in [2.75, 3.05) is 19.6 Å². The van der Waals surface area contributed by atoms with E-state index < -0.39 is 26.7 Å². The fourth-order valence-corrected chi connectivity index (χ4v) is 3.78. The average Bonchev–Trinajstić information content (AvgIpc) is 2.26. The Bertz CT molecular complexity index is 559. The highest BCUT2D eigenvalue weighted by Crippen LogP contribution is 2.19. The minimum Gasteiger partial charge on any atom is -0.465 e. The van der Waals surface area contributed by atoms with Gasteiger partial charge in [0.15, 0.2) is 0 Å². The van der Waals surface area contributed by atoms with Crippen LogP contribution in [0.3, 0.4) is 0 Å². The van der Waals surface area contributed by atoms with Crippen LogP contribution in [0.5, 0.6) is 0 Å². The molecular formula is C10H13NO4S2. The summed E-state index contributed by atoms with van der Waals surface area (Å²) in [5, 5.41) is 0. The average molecular weight is 275 g/mol. The van der Waals surface area contributed by atoms with E-state index in [4.69, 9.17) is 0 Å². The van der Waals surface area contributed by atoms with Gasteiger partial charge in [-0.25, -0.2) is 4.79 Å². The third-order valence-electron chi connectivity index (χ3n) is 1.82. The van der Waals surface area contributed by atoms with Crippen molar-refractivity contribution in [2.45, 2.75) is 4.90 Å². The molecule has 5 nitrogen and oxygen atoms in total. The Labute approximate surface area is 103 Å². The maximum absolute atomic E-state index is 11.9. The van der Waals surface area contributed by atoms with E-state index in [2.05, 4.69) is 8.50 Å². The smallest absolute Gasteiger partial charge is 0.339 e. The summed E-state index contributed by atoms with van der Waals surface area (Å²) < 4.78 is 32.0. The van der Waals surface area contributed by atoms with E-state index in [1.54, 1.807) is 18.6 Å².